The van der Waals surface area contributed by atoms with E-state index in [0.29, 0.717) is 60.6 Å². The van der Waals surface area contributed by atoms with Crippen LogP contribution in [0.4, 0.5) is 17.2 Å². The van der Waals surface area contributed by atoms with Gasteiger partial charge in [-0.1, -0.05) is 42.5 Å². The van der Waals surface area contributed by atoms with Crippen LogP contribution in [0.15, 0.2) is 79.0 Å². The second kappa shape index (κ2) is 11.7. The number of nitrogens with one attached hydrogen (secondary N) is 1. The fraction of sp³-hybridized carbons (Fsp3) is 0.233. The van der Waals surface area contributed by atoms with Gasteiger partial charge < -0.3 is 29.3 Å². The maximum Gasteiger partial charge on any atom is 0.259 e. The Morgan fingerprint density at radius 3 is 2.21 bits per heavy atom. The van der Waals surface area contributed by atoms with Crippen LogP contribution in [-0.4, -0.2) is 68.3 Å². The zero-order chi connectivity index (χ0) is 27.2. The number of hydrogen-bond acceptors (Lipinski definition) is 8. The highest BCUT2D eigenvalue weighted by Gasteiger charge is 2.26. The number of piperazine rings is 1. The Morgan fingerprint density at radius 2 is 1.49 bits per heavy atom. The van der Waals surface area contributed by atoms with E-state index >= 15 is 0 Å². The van der Waals surface area contributed by atoms with Gasteiger partial charge in [0.15, 0.2) is 17.3 Å². The van der Waals surface area contributed by atoms with E-state index in [1.807, 2.05) is 71.6 Å². The van der Waals surface area contributed by atoms with Gasteiger partial charge in [0.1, 0.15) is 17.1 Å². The van der Waals surface area contributed by atoms with Crippen molar-refractivity contribution >= 4 is 23.1 Å². The van der Waals surface area contributed by atoms with Crippen molar-refractivity contribution in [2.45, 2.75) is 0 Å². The van der Waals surface area contributed by atoms with E-state index in [1.54, 1.807) is 33.6 Å². The molecule has 200 valence electrons. The second-order valence-corrected chi connectivity index (χ2v) is 8.97. The lowest BCUT2D eigenvalue weighted by Gasteiger charge is -2.36. The zero-order valence-electron chi connectivity index (χ0n) is 22.3. The number of nitrogens with zero attached hydrogens (tertiary/aromatic N) is 4. The zero-order valence-corrected chi connectivity index (χ0v) is 22.3. The predicted molar refractivity (Wildman–Crippen MR) is 151 cm³/mol. The van der Waals surface area contributed by atoms with Crippen molar-refractivity contribution in [3.8, 4) is 28.6 Å². The summed E-state index contributed by atoms with van der Waals surface area (Å²) in [6, 6.07) is 23.1. The van der Waals surface area contributed by atoms with Gasteiger partial charge in [0.25, 0.3) is 5.91 Å². The average molecular weight is 526 g/mol. The van der Waals surface area contributed by atoms with E-state index in [9.17, 15) is 4.79 Å². The fourth-order valence-corrected chi connectivity index (χ4v) is 4.62. The number of carbonyl (C=O) groups is 1. The molecule has 0 radical (unpaired) electrons. The summed E-state index contributed by atoms with van der Waals surface area (Å²) in [7, 11) is 4.84. The first-order valence-corrected chi connectivity index (χ1v) is 12.7. The molecule has 1 aromatic heterocycles. The number of para-hydroxylation sites is 2. The van der Waals surface area contributed by atoms with E-state index in [-0.39, 0.29) is 5.91 Å². The SMILES string of the molecule is COc1ccc(Nc2nc(-c3ccccc3)ncc2C(=O)N2CCN(c3ccccc3OC)CC2)cc1OC. The molecular formula is C30H31N5O4. The van der Waals surface area contributed by atoms with Crippen LogP contribution >= 0.6 is 0 Å². The summed E-state index contributed by atoms with van der Waals surface area (Å²) in [6.07, 6.45) is 1.60. The Labute approximate surface area is 228 Å². The van der Waals surface area contributed by atoms with Gasteiger partial charge in [-0.3, -0.25) is 4.79 Å². The quantitative estimate of drug-likeness (QED) is 0.348. The molecule has 1 N–H and O–H groups in total. The minimum absolute atomic E-state index is 0.128. The van der Waals surface area contributed by atoms with Crippen molar-refractivity contribution < 1.29 is 19.0 Å². The molecule has 0 unspecified atom stereocenters. The minimum Gasteiger partial charge on any atom is -0.495 e. The van der Waals surface area contributed by atoms with Crippen LogP contribution in [-0.2, 0) is 0 Å². The molecule has 4 aromatic rings. The molecule has 1 fully saturated rings. The Bertz CT molecular complexity index is 1440. The molecule has 0 atom stereocenters. The number of carbonyl (C=O) groups excluding carboxylic acids is 1. The van der Waals surface area contributed by atoms with Crippen LogP contribution in [0.25, 0.3) is 11.4 Å². The average Bonchev–Trinajstić information content (AvgIpc) is 3.01. The highest BCUT2D eigenvalue weighted by atomic mass is 16.5. The van der Waals surface area contributed by atoms with Gasteiger partial charge >= 0.3 is 0 Å². The van der Waals surface area contributed by atoms with Crippen molar-refractivity contribution in [2.24, 2.45) is 0 Å². The third kappa shape index (κ3) is 5.57. The molecule has 0 saturated carbocycles. The summed E-state index contributed by atoms with van der Waals surface area (Å²) in [5.74, 6) is 2.82. The summed E-state index contributed by atoms with van der Waals surface area (Å²) in [6.45, 7) is 2.50. The molecule has 0 bridgehead atoms. The molecule has 5 rings (SSSR count). The Hall–Kier alpha value is -4.79. The predicted octanol–water partition coefficient (Wildman–Crippen LogP) is 4.88. The van der Waals surface area contributed by atoms with E-state index in [2.05, 4.69) is 15.2 Å². The molecule has 2 heterocycles. The van der Waals surface area contributed by atoms with Gasteiger partial charge in [-0.15, -0.1) is 0 Å². The molecular weight excluding hydrogens is 494 g/mol. The van der Waals surface area contributed by atoms with Gasteiger partial charge in [0.2, 0.25) is 0 Å². The number of aromatic nitrogens is 2. The smallest absolute Gasteiger partial charge is 0.259 e. The third-order valence-electron chi connectivity index (χ3n) is 6.69. The van der Waals surface area contributed by atoms with Gasteiger partial charge in [-0.25, -0.2) is 9.97 Å². The summed E-state index contributed by atoms with van der Waals surface area (Å²) in [4.78, 5) is 27.2. The van der Waals surface area contributed by atoms with Crippen molar-refractivity contribution in [3.63, 3.8) is 0 Å². The maximum absolute atomic E-state index is 13.8. The summed E-state index contributed by atoms with van der Waals surface area (Å²) >= 11 is 0. The van der Waals surface area contributed by atoms with Crippen LogP contribution in [0.5, 0.6) is 17.2 Å². The first kappa shape index (κ1) is 25.8. The van der Waals surface area contributed by atoms with E-state index in [4.69, 9.17) is 19.2 Å². The third-order valence-corrected chi connectivity index (χ3v) is 6.69. The van der Waals surface area contributed by atoms with Gasteiger partial charge in [0.05, 0.1) is 27.0 Å². The summed E-state index contributed by atoms with van der Waals surface area (Å²) < 4.78 is 16.4. The summed E-state index contributed by atoms with van der Waals surface area (Å²) in [5, 5.41) is 3.32. The lowest BCUT2D eigenvalue weighted by Crippen LogP contribution is -2.49. The number of anilines is 3. The summed E-state index contributed by atoms with van der Waals surface area (Å²) in [5.41, 5.74) is 2.99. The van der Waals surface area contributed by atoms with Gasteiger partial charge in [0, 0.05) is 49.7 Å². The number of benzene rings is 3. The standard InChI is InChI=1S/C30H31N5O4/c1-37-25-12-8-7-11-24(25)34-15-17-35(18-16-34)30(36)23-20-31-28(21-9-5-4-6-10-21)33-29(23)32-22-13-14-26(38-2)27(19-22)39-3/h4-14,19-20H,15-18H2,1-3H3,(H,31,32,33). The maximum atomic E-state index is 13.8. The molecule has 9 nitrogen and oxygen atoms in total. The molecule has 0 spiro atoms. The molecule has 1 aliphatic heterocycles. The number of amides is 1. The van der Waals surface area contributed by atoms with Crippen LogP contribution in [0.2, 0.25) is 0 Å². The van der Waals surface area contributed by atoms with Crippen LogP contribution in [0, 0.1) is 0 Å². The Balaban J connectivity index is 1.42. The lowest BCUT2D eigenvalue weighted by atomic mass is 10.1. The Kier molecular flexibility index (Phi) is 7.77. The molecule has 9 heteroatoms. The van der Waals surface area contributed by atoms with E-state index < -0.39 is 0 Å². The molecule has 1 aliphatic rings. The molecule has 39 heavy (non-hydrogen) atoms. The second-order valence-electron chi connectivity index (χ2n) is 8.97. The normalized spacial score (nSPS) is 13.1. The highest BCUT2D eigenvalue weighted by Crippen LogP contribution is 2.33. The number of rotatable bonds is 8. The first-order chi connectivity index (χ1) is 19.1. The number of hydrogen-bond donors (Lipinski definition) is 1. The first-order valence-electron chi connectivity index (χ1n) is 12.7. The van der Waals surface area contributed by atoms with Crippen molar-refractivity contribution in [1.29, 1.82) is 0 Å². The molecule has 0 aliphatic carbocycles. The Morgan fingerprint density at radius 1 is 0.795 bits per heavy atom. The lowest BCUT2D eigenvalue weighted by molar-refractivity contribution is 0.0747. The molecule has 1 saturated heterocycles. The number of ether oxygens (including phenoxy) is 3. The van der Waals surface area contributed by atoms with Crippen molar-refractivity contribution in [3.05, 3.63) is 84.6 Å². The van der Waals surface area contributed by atoms with Crippen LogP contribution in [0.1, 0.15) is 10.4 Å². The van der Waals surface area contributed by atoms with Gasteiger partial charge in [-0.2, -0.15) is 0 Å². The van der Waals surface area contributed by atoms with E-state index in [1.165, 1.54) is 0 Å². The van der Waals surface area contributed by atoms with Crippen molar-refractivity contribution in [2.75, 3.05) is 57.7 Å². The minimum atomic E-state index is -0.128. The number of methoxy groups -OCH3 is 3. The molecule has 1 amide bonds. The highest BCUT2D eigenvalue weighted by molar-refractivity contribution is 5.99. The molecule has 3 aromatic carbocycles. The van der Waals surface area contributed by atoms with Crippen molar-refractivity contribution in [1.82, 2.24) is 14.9 Å². The van der Waals surface area contributed by atoms with Gasteiger partial charge in [-0.05, 0) is 24.3 Å². The topological polar surface area (TPSA) is 89.0 Å². The monoisotopic (exact) mass is 525 g/mol. The largest absolute Gasteiger partial charge is 0.495 e. The van der Waals surface area contributed by atoms with Crippen LogP contribution < -0.4 is 24.4 Å². The van der Waals surface area contributed by atoms with Crippen LogP contribution in [0.3, 0.4) is 0 Å². The van der Waals surface area contributed by atoms with E-state index in [0.717, 1.165) is 17.0 Å². The fourth-order valence-electron chi connectivity index (χ4n) is 4.62.